The number of hydrogen-bond acceptors (Lipinski definition) is 2. The van der Waals surface area contributed by atoms with Gasteiger partial charge in [0.05, 0.1) is 11.5 Å². The van der Waals surface area contributed by atoms with Gasteiger partial charge in [0.25, 0.3) is 0 Å². The summed E-state index contributed by atoms with van der Waals surface area (Å²) in [5.74, 6) is 0.339. The van der Waals surface area contributed by atoms with Gasteiger partial charge in [-0.15, -0.1) is 0 Å². The largest absolute Gasteiger partial charge is 0.303 e. The number of rotatable bonds is 6. The van der Waals surface area contributed by atoms with Crippen LogP contribution in [0.2, 0.25) is 0 Å². The van der Waals surface area contributed by atoms with E-state index in [1.807, 2.05) is 6.07 Å². The molecule has 2 heteroatoms. The molecule has 1 atom stereocenters. The molecule has 0 N–H and O–H groups in total. The second-order valence-electron chi connectivity index (χ2n) is 6.61. The summed E-state index contributed by atoms with van der Waals surface area (Å²) in [4.78, 5) is 2.57. The normalized spacial score (nSPS) is 19.1. The highest BCUT2D eigenvalue weighted by Gasteiger charge is 2.35. The summed E-state index contributed by atoms with van der Waals surface area (Å²) >= 11 is 0. The number of benzene rings is 1. The first-order valence-electron chi connectivity index (χ1n) is 8.38. The number of nitrogens with zero attached hydrogens (tertiary/aromatic N) is 2. The molecule has 2 rings (SSSR count). The van der Waals surface area contributed by atoms with Crippen LogP contribution in [0.15, 0.2) is 30.3 Å². The van der Waals surface area contributed by atoms with Crippen molar-refractivity contribution in [3.05, 3.63) is 35.9 Å². The summed E-state index contributed by atoms with van der Waals surface area (Å²) in [5.41, 5.74) is 0.845. The lowest BCUT2D eigenvalue weighted by Gasteiger charge is -2.33. The highest BCUT2D eigenvalue weighted by atomic mass is 15.1. The Hall–Kier alpha value is -1.33. The van der Waals surface area contributed by atoms with Crippen LogP contribution in [-0.2, 0) is 5.41 Å². The Bertz CT molecular complexity index is 454. The van der Waals surface area contributed by atoms with Gasteiger partial charge in [0.2, 0.25) is 0 Å². The molecule has 0 amide bonds. The van der Waals surface area contributed by atoms with E-state index in [9.17, 15) is 5.26 Å². The van der Waals surface area contributed by atoms with Crippen LogP contribution in [-0.4, -0.2) is 24.5 Å². The fourth-order valence-electron chi connectivity index (χ4n) is 3.52. The molecule has 114 valence electrons. The molecule has 1 unspecified atom stereocenters. The molecule has 1 aromatic rings. The topological polar surface area (TPSA) is 27.0 Å². The zero-order chi connectivity index (χ0) is 15.1. The summed E-state index contributed by atoms with van der Waals surface area (Å²) in [6.07, 6.45) is 6.13. The zero-order valence-corrected chi connectivity index (χ0v) is 13.5. The van der Waals surface area contributed by atoms with Crippen molar-refractivity contribution in [2.24, 2.45) is 5.92 Å². The maximum absolute atomic E-state index is 9.87. The first-order chi connectivity index (χ1) is 10.2. The van der Waals surface area contributed by atoms with E-state index in [1.54, 1.807) is 0 Å². The molecule has 0 radical (unpaired) electrons. The molecular weight excluding hydrogens is 256 g/mol. The van der Waals surface area contributed by atoms with Crippen LogP contribution >= 0.6 is 0 Å². The molecule has 0 bridgehead atoms. The van der Waals surface area contributed by atoms with Crippen LogP contribution in [0.3, 0.4) is 0 Å². The quantitative estimate of drug-likeness (QED) is 0.775. The van der Waals surface area contributed by atoms with Crippen molar-refractivity contribution in [2.75, 3.05) is 19.6 Å². The van der Waals surface area contributed by atoms with E-state index in [2.05, 4.69) is 49.1 Å². The molecule has 1 fully saturated rings. The number of hydrogen-bond donors (Lipinski definition) is 0. The Balaban J connectivity index is 2.02. The first-order valence-corrected chi connectivity index (χ1v) is 8.38. The lowest BCUT2D eigenvalue weighted by Crippen LogP contribution is -2.34. The number of nitriles is 1. The van der Waals surface area contributed by atoms with Crippen molar-refractivity contribution in [3.8, 4) is 6.07 Å². The van der Waals surface area contributed by atoms with Gasteiger partial charge in [0.15, 0.2) is 0 Å². The molecular formula is C19H28N2. The average Bonchev–Trinajstić information content (AvgIpc) is 2.53. The van der Waals surface area contributed by atoms with Gasteiger partial charge in [-0.2, -0.15) is 5.26 Å². The van der Waals surface area contributed by atoms with Crippen molar-refractivity contribution in [1.82, 2.24) is 4.90 Å². The molecule has 1 aliphatic heterocycles. The summed E-state index contributed by atoms with van der Waals surface area (Å²) in [5, 5.41) is 9.87. The molecule has 1 aromatic carbocycles. The van der Waals surface area contributed by atoms with Crippen molar-refractivity contribution >= 4 is 0 Å². The Kier molecular flexibility index (Phi) is 5.82. The Morgan fingerprint density at radius 3 is 2.38 bits per heavy atom. The number of piperidine rings is 1. The molecule has 0 aliphatic carbocycles. The van der Waals surface area contributed by atoms with Crippen LogP contribution in [0.4, 0.5) is 0 Å². The molecule has 0 saturated carbocycles. The molecule has 1 saturated heterocycles. The van der Waals surface area contributed by atoms with Gasteiger partial charge in [0, 0.05) is 0 Å². The van der Waals surface area contributed by atoms with Crippen LogP contribution in [0.5, 0.6) is 0 Å². The van der Waals surface area contributed by atoms with E-state index in [0.717, 1.165) is 19.4 Å². The highest BCUT2D eigenvalue weighted by molar-refractivity contribution is 5.33. The lowest BCUT2D eigenvalue weighted by atomic mass is 9.70. The summed E-state index contributed by atoms with van der Waals surface area (Å²) in [6, 6.07) is 13.0. The maximum Gasteiger partial charge on any atom is 0.0845 e. The van der Waals surface area contributed by atoms with E-state index in [-0.39, 0.29) is 5.41 Å². The second-order valence-corrected chi connectivity index (χ2v) is 6.61. The molecule has 0 spiro atoms. The molecule has 0 aromatic heterocycles. The van der Waals surface area contributed by atoms with E-state index in [1.165, 1.54) is 37.9 Å². The van der Waals surface area contributed by atoms with Gasteiger partial charge in [-0.25, -0.2) is 0 Å². The van der Waals surface area contributed by atoms with E-state index >= 15 is 0 Å². The summed E-state index contributed by atoms with van der Waals surface area (Å²) in [6.45, 7) is 7.98. The monoisotopic (exact) mass is 284 g/mol. The van der Waals surface area contributed by atoms with Crippen LogP contribution in [0, 0.1) is 17.2 Å². The van der Waals surface area contributed by atoms with Gasteiger partial charge in [-0.1, -0.05) is 50.6 Å². The van der Waals surface area contributed by atoms with E-state index in [4.69, 9.17) is 0 Å². The van der Waals surface area contributed by atoms with Crippen LogP contribution in [0.1, 0.15) is 51.5 Å². The Morgan fingerprint density at radius 2 is 1.81 bits per heavy atom. The zero-order valence-electron chi connectivity index (χ0n) is 13.5. The Morgan fingerprint density at radius 1 is 1.14 bits per heavy atom. The van der Waals surface area contributed by atoms with Gasteiger partial charge < -0.3 is 4.90 Å². The molecule has 1 aliphatic rings. The lowest BCUT2D eigenvalue weighted by molar-refractivity contribution is 0.215. The Labute approximate surface area is 129 Å². The third-order valence-corrected chi connectivity index (χ3v) is 4.97. The minimum atomic E-state index is -0.336. The predicted molar refractivity (Wildman–Crippen MR) is 88.1 cm³/mol. The van der Waals surface area contributed by atoms with Crippen molar-refractivity contribution in [2.45, 2.75) is 51.4 Å². The fourth-order valence-corrected chi connectivity index (χ4v) is 3.52. The van der Waals surface area contributed by atoms with E-state index in [0.29, 0.717) is 5.92 Å². The van der Waals surface area contributed by atoms with Crippen LogP contribution < -0.4 is 0 Å². The third kappa shape index (κ3) is 3.86. The second kappa shape index (κ2) is 7.61. The summed E-state index contributed by atoms with van der Waals surface area (Å²) in [7, 11) is 0. The van der Waals surface area contributed by atoms with Crippen molar-refractivity contribution in [3.63, 3.8) is 0 Å². The maximum atomic E-state index is 9.87. The summed E-state index contributed by atoms with van der Waals surface area (Å²) < 4.78 is 0. The smallest absolute Gasteiger partial charge is 0.0845 e. The fraction of sp³-hybridized carbons (Fsp3) is 0.632. The SMILES string of the molecule is CC(C)C(C#N)(CCCN1CCCCC1)c1ccccc1. The average molecular weight is 284 g/mol. The molecule has 21 heavy (non-hydrogen) atoms. The molecule has 2 nitrogen and oxygen atoms in total. The third-order valence-electron chi connectivity index (χ3n) is 4.97. The first kappa shape index (κ1) is 16.0. The van der Waals surface area contributed by atoms with Gasteiger partial charge in [-0.3, -0.25) is 0 Å². The highest BCUT2D eigenvalue weighted by Crippen LogP contribution is 2.36. The van der Waals surface area contributed by atoms with Crippen molar-refractivity contribution < 1.29 is 0 Å². The van der Waals surface area contributed by atoms with Crippen molar-refractivity contribution in [1.29, 1.82) is 5.26 Å². The van der Waals surface area contributed by atoms with Gasteiger partial charge >= 0.3 is 0 Å². The standard InChI is InChI=1S/C19H28N2/c1-17(2)19(16-20,18-10-5-3-6-11-18)12-9-15-21-13-7-4-8-14-21/h3,5-6,10-11,17H,4,7-9,12-15H2,1-2H3. The van der Waals surface area contributed by atoms with E-state index < -0.39 is 0 Å². The molecule has 1 heterocycles. The van der Waals surface area contributed by atoms with Gasteiger partial charge in [-0.05, 0) is 56.8 Å². The number of likely N-dealkylation sites (tertiary alicyclic amines) is 1. The van der Waals surface area contributed by atoms with Crippen LogP contribution in [0.25, 0.3) is 0 Å². The minimum absolute atomic E-state index is 0.336. The minimum Gasteiger partial charge on any atom is -0.303 e. The predicted octanol–water partition coefficient (Wildman–Crippen LogP) is 4.37. The van der Waals surface area contributed by atoms with Gasteiger partial charge in [0.1, 0.15) is 0 Å².